The van der Waals surface area contributed by atoms with Crippen LogP contribution in [0.15, 0.2) is 5.38 Å². The molecule has 0 radical (unpaired) electrons. The van der Waals surface area contributed by atoms with Crippen LogP contribution in [0.1, 0.15) is 23.5 Å². The molecule has 0 bridgehead atoms. The highest BCUT2D eigenvalue weighted by molar-refractivity contribution is 7.09. The van der Waals surface area contributed by atoms with Crippen molar-refractivity contribution in [2.45, 2.75) is 32.4 Å². The van der Waals surface area contributed by atoms with Gasteiger partial charge in [-0.05, 0) is 19.8 Å². The normalized spacial score (nSPS) is 20.1. The summed E-state index contributed by atoms with van der Waals surface area (Å²) in [6, 6.07) is 0. The van der Waals surface area contributed by atoms with Crippen molar-refractivity contribution in [1.82, 2.24) is 9.88 Å². The van der Waals surface area contributed by atoms with Crippen LogP contribution in [0, 0.1) is 6.92 Å². The quantitative estimate of drug-likeness (QED) is 0.805. The van der Waals surface area contributed by atoms with Crippen LogP contribution in [0.4, 0.5) is 0 Å². The molecule has 0 saturated carbocycles. The molecule has 2 heterocycles. The minimum atomic E-state index is -0.0802. The van der Waals surface area contributed by atoms with Crippen molar-refractivity contribution < 1.29 is 5.11 Å². The van der Waals surface area contributed by atoms with Gasteiger partial charge in [-0.3, -0.25) is 4.90 Å². The fourth-order valence-corrected chi connectivity index (χ4v) is 2.39. The molecule has 0 aliphatic carbocycles. The molecule has 1 aromatic heterocycles. The summed E-state index contributed by atoms with van der Waals surface area (Å²) in [6.45, 7) is 4.97. The third-order valence-corrected chi connectivity index (χ3v) is 3.43. The minimum absolute atomic E-state index is 0.0802. The van der Waals surface area contributed by atoms with E-state index in [0.717, 1.165) is 37.5 Å². The number of aliphatic hydroxyl groups is 1. The lowest BCUT2D eigenvalue weighted by Gasteiger charge is -2.28. The number of piperidine rings is 1. The van der Waals surface area contributed by atoms with Crippen molar-refractivity contribution in [2.75, 3.05) is 13.1 Å². The Morgan fingerprint density at radius 2 is 2.29 bits per heavy atom. The van der Waals surface area contributed by atoms with Gasteiger partial charge in [0.1, 0.15) is 0 Å². The van der Waals surface area contributed by atoms with E-state index >= 15 is 0 Å². The highest BCUT2D eigenvalue weighted by Gasteiger charge is 2.17. The summed E-state index contributed by atoms with van der Waals surface area (Å²) in [6.07, 6.45) is 1.73. The van der Waals surface area contributed by atoms with E-state index in [1.807, 2.05) is 6.92 Å². The smallest absolute Gasteiger partial charge is 0.0897 e. The topological polar surface area (TPSA) is 36.4 Å². The Balaban J connectivity index is 1.86. The van der Waals surface area contributed by atoms with Gasteiger partial charge in [-0.25, -0.2) is 4.98 Å². The Morgan fingerprint density at radius 3 is 2.86 bits per heavy atom. The lowest BCUT2D eigenvalue weighted by Crippen LogP contribution is -2.35. The minimum Gasteiger partial charge on any atom is -0.393 e. The van der Waals surface area contributed by atoms with Crippen molar-refractivity contribution in [3.8, 4) is 0 Å². The van der Waals surface area contributed by atoms with E-state index in [0.29, 0.717) is 0 Å². The molecule has 0 unspecified atom stereocenters. The fraction of sp³-hybridized carbons (Fsp3) is 0.700. The van der Waals surface area contributed by atoms with Crippen molar-refractivity contribution in [3.05, 3.63) is 16.1 Å². The predicted octanol–water partition coefficient (Wildman–Crippen LogP) is 1.41. The van der Waals surface area contributed by atoms with Crippen LogP contribution < -0.4 is 0 Å². The highest BCUT2D eigenvalue weighted by Crippen LogP contribution is 2.15. The van der Waals surface area contributed by atoms with Gasteiger partial charge in [0.15, 0.2) is 0 Å². The van der Waals surface area contributed by atoms with E-state index in [-0.39, 0.29) is 6.10 Å². The van der Waals surface area contributed by atoms with Crippen LogP contribution in [-0.2, 0) is 6.54 Å². The number of aromatic nitrogens is 1. The number of nitrogens with zero attached hydrogens (tertiary/aromatic N) is 2. The molecule has 14 heavy (non-hydrogen) atoms. The van der Waals surface area contributed by atoms with E-state index in [2.05, 4.69) is 15.3 Å². The van der Waals surface area contributed by atoms with Gasteiger partial charge in [0, 0.05) is 25.0 Å². The van der Waals surface area contributed by atoms with E-state index < -0.39 is 0 Å². The summed E-state index contributed by atoms with van der Waals surface area (Å²) >= 11 is 1.71. The Morgan fingerprint density at radius 1 is 1.57 bits per heavy atom. The molecule has 1 N–H and O–H groups in total. The van der Waals surface area contributed by atoms with Gasteiger partial charge in [0.2, 0.25) is 0 Å². The molecular formula is C10H16N2OS. The first kappa shape index (κ1) is 10.1. The third kappa shape index (κ3) is 2.53. The van der Waals surface area contributed by atoms with Crippen molar-refractivity contribution >= 4 is 11.3 Å². The molecule has 0 spiro atoms. The molecule has 1 aromatic rings. The summed E-state index contributed by atoms with van der Waals surface area (Å²) in [5, 5.41) is 12.6. The van der Waals surface area contributed by atoms with Gasteiger partial charge in [0.05, 0.1) is 16.8 Å². The number of hydrogen-bond donors (Lipinski definition) is 1. The molecule has 2 rings (SSSR count). The zero-order chi connectivity index (χ0) is 9.97. The first-order valence-electron chi connectivity index (χ1n) is 5.05. The van der Waals surface area contributed by atoms with Crippen LogP contribution in [0.3, 0.4) is 0 Å². The first-order chi connectivity index (χ1) is 6.74. The van der Waals surface area contributed by atoms with Gasteiger partial charge in [-0.15, -0.1) is 11.3 Å². The van der Waals surface area contributed by atoms with Gasteiger partial charge in [-0.1, -0.05) is 0 Å². The summed E-state index contributed by atoms with van der Waals surface area (Å²) in [5.74, 6) is 0. The van der Waals surface area contributed by atoms with E-state index in [4.69, 9.17) is 0 Å². The van der Waals surface area contributed by atoms with E-state index in [1.165, 1.54) is 5.69 Å². The van der Waals surface area contributed by atoms with E-state index in [1.54, 1.807) is 11.3 Å². The van der Waals surface area contributed by atoms with Crippen molar-refractivity contribution in [3.63, 3.8) is 0 Å². The van der Waals surface area contributed by atoms with Gasteiger partial charge < -0.3 is 5.11 Å². The van der Waals surface area contributed by atoms with Crippen molar-refractivity contribution in [1.29, 1.82) is 0 Å². The Hall–Kier alpha value is -0.450. The Kier molecular flexibility index (Phi) is 3.15. The van der Waals surface area contributed by atoms with E-state index in [9.17, 15) is 5.11 Å². The molecule has 1 fully saturated rings. The second-order valence-electron chi connectivity index (χ2n) is 3.87. The fourth-order valence-electron chi connectivity index (χ4n) is 1.79. The SMILES string of the molecule is Cc1nc(CN2CCC(O)CC2)cs1. The molecule has 1 aliphatic rings. The Bertz CT molecular complexity index is 292. The summed E-state index contributed by atoms with van der Waals surface area (Å²) in [4.78, 5) is 6.80. The maximum Gasteiger partial charge on any atom is 0.0897 e. The maximum absolute atomic E-state index is 9.36. The average Bonchev–Trinajstić information content (AvgIpc) is 2.56. The first-order valence-corrected chi connectivity index (χ1v) is 5.93. The predicted molar refractivity (Wildman–Crippen MR) is 57.4 cm³/mol. The largest absolute Gasteiger partial charge is 0.393 e. The monoisotopic (exact) mass is 212 g/mol. The standard InChI is InChI=1S/C10H16N2OS/c1-8-11-9(7-14-8)6-12-4-2-10(13)3-5-12/h7,10,13H,2-6H2,1H3. The van der Waals surface area contributed by atoms with Crippen LogP contribution in [-0.4, -0.2) is 34.2 Å². The van der Waals surface area contributed by atoms with Crippen LogP contribution in [0.5, 0.6) is 0 Å². The molecule has 4 heteroatoms. The zero-order valence-corrected chi connectivity index (χ0v) is 9.26. The number of thiazole rings is 1. The second-order valence-corrected chi connectivity index (χ2v) is 4.93. The van der Waals surface area contributed by atoms with Crippen LogP contribution in [0.2, 0.25) is 0 Å². The zero-order valence-electron chi connectivity index (χ0n) is 8.44. The van der Waals surface area contributed by atoms with Crippen LogP contribution >= 0.6 is 11.3 Å². The second kappa shape index (κ2) is 4.38. The molecule has 78 valence electrons. The number of rotatable bonds is 2. The molecule has 1 aliphatic heterocycles. The number of aliphatic hydroxyl groups excluding tert-OH is 1. The van der Waals surface area contributed by atoms with Gasteiger partial charge in [0.25, 0.3) is 0 Å². The number of likely N-dealkylation sites (tertiary alicyclic amines) is 1. The van der Waals surface area contributed by atoms with Crippen molar-refractivity contribution in [2.24, 2.45) is 0 Å². The highest BCUT2D eigenvalue weighted by atomic mass is 32.1. The van der Waals surface area contributed by atoms with Gasteiger partial charge in [-0.2, -0.15) is 0 Å². The Labute approximate surface area is 88.4 Å². The molecule has 1 saturated heterocycles. The summed E-state index contributed by atoms with van der Waals surface area (Å²) in [5.41, 5.74) is 1.17. The lowest BCUT2D eigenvalue weighted by molar-refractivity contribution is 0.0787. The lowest BCUT2D eigenvalue weighted by atomic mass is 10.1. The molecular weight excluding hydrogens is 196 g/mol. The molecule has 3 nitrogen and oxygen atoms in total. The van der Waals surface area contributed by atoms with Gasteiger partial charge >= 0.3 is 0 Å². The molecule has 0 atom stereocenters. The summed E-state index contributed by atoms with van der Waals surface area (Å²) < 4.78 is 0. The number of hydrogen-bond acceptors (Lipinski definition) is 4. The molecule has 0 amide bonds. The third-order valence-electron chi connectivity index (χ3n) is 2.61. The van der Waals surface area contributed by atoms with Crippen LogP contribution in [0.25, 0.3) is 0 Å². The maximum atomic E-state index is 9.36. The average molecular weight is 212 g/mol. The summed E-state index contributed by atoms with van der Waals surface area (Å²) in [7, 11) is 0. The molecule has 0 aromatic carbocycles. The number of aryl methyl sites for hydroxylation is 1.